The lowest BCUT2D eigenvalue weighted by molar-refractivity contribution is 0.602. The summed E-state index contributed by atoms with van der Waals surface area (Å²) in [6, 6.07) is 12.1. The molecule has 2 heterocycles. The molecule has 138 valence electrons. The van der Waals surface area contributed by atoms with Crippen LogP contribution >= 0.6 is 34.7 Å². The number of aromatic nitrogens is 5. The Hall–Kier alpha value is -2.01. The molecule has 0 aliphatic rings. The molecular weight excluding hydrogens is 426 g/mol. The van der Waals surface area contributed by atoms with Gasteiger partial charge in [0.15, 0.2) is 20.0 Å². The van der Waals surface area contributed by atoms with E-state index in [4.69, 9.17) is 11.6 Å². The number of thioether (sulfide) groups is 1. The predicted octanol–water partition coefficient (Wildman–Crippen LogP) is 3.62. The molecule has 2 aromatic heterocycles. The minimum absolute atomic E-state index is 0.253. The van der Waals surface area contributed by atoms with Gasteiger partial charge in [-0.15, -0.1) is 16.4 Å². The van der Waals surface area contributed by atoms with E-state index in [1.165, 1.54) is 18.0 Å². The summed E-state index contributed by atoms with van der Waals surface area (Å²) < 4.78 is 26.7. The van der Waals surface area contributed by atoms with Crippen molar-refractivity contribution in [3.05, 3.63) is 53.3 Å². The summed E-state index contributed by atoms with van der Waals surface area (Å²) in [7, 11) is -3.24. The standard InChI is InChI=1S/C16H12ClN5O2S3/c1-27(23,24)12-5-3-11(4-6-12)22-15(19-20-21-22)9-25-16-18-13-8-10(17)2-7-14(13)26-16/h2-8H,9H2,1H3. The smallest absolute Gasteiger partial charge is 0.175 e. The number of thiazole rings is 1. The lowest BCUT2D eigenvalue weighted by atomic mass is 10.3. The van der Waals surface area contributed by atoms with Gasteiger partial charge in [0.2, 0.25) is 0 Å². The van der Waals surface area contributed by atoms with Crippen molar-refractivity contribution in [3.8, 4) is 5.69 Å². The van der Waals surface area contributed by atoms with Crippen molar-refractivity contribution in [2.24, 2.45) is 0 Å². The molecule has 0 atom stereocenters. The van der Waals surface area contributed by atoms with Gasteiger partial charge in [-0.2, -0.15) is 4.68 Å². The SMILES string of the molecule is CS(=O)(=O)c1ccc(-n2nnnc2CSc2nc3cc(Cl)ccc3s2)cc1. The van der Waals surface area contributed by atoms with E-state index in [0.29, 0.717) is 22.3 Å². The van der Waals surface area contributed by atoms with Crippen LogP contribution in [0, 0.1) is 0 Å². The zero-order chi connectivity index (χ0) is 19.0. The summed E-state index contributed by atoms with van der Waals surface area (Å²) >= 11 is 9.12. The third-order valence-electron chi connectivity index (χ3n) is 3.70. The van der Waals surface area contributed by atoms with Crippen molar-refractivity contribution in [3.63, 3.8) is 0 Å². The van der Waals surface area contributed by atoms with Crippen molar-refractivity contribution in [1.29, 1.82) is 0 Å². The molecular formula is C16H12ClN5O2S3. The summed E-state index contributed by atoms with van der Waals surface area (Å²) in [6.07, 6.45) is 1.17. The number of nitrogens with zero attached hydrogens (tertiary/aromatic N) is 5. The van der Waals surface area contributed by atoms with Crippen molar-refractivity contribution < 1.29 is 8.42 Å². The second-order valence-electron chi connectivity index (χ2n) is 5.65. The highest BCUT2D eigenvalue weighted by atomic mass is 35.5. The Bertz CT molecular complexity index is 1220. The molecule has 0 spiro atoms. The quantitative estimate of drug-likeness (QED) is 0.440. The normalized spacial score (nSPS) is 11.9. The van der Waals surface area contributed by atoms with Crippen LogP contribution in [0.1, 0.15) is 5.82 Å². The molecule has 0 aliphatic heterocycles. The van der Waals surface area contributed by atoms with Gasteiger partial charge in [-0.05, 0) is 52.9 Å². The van der Waals surface area contributed by atoms with Gasteiger partial charge in [-0.25, -0.2) is 13.4 Å². The lowest BCUT2D eigenvalue weighted by Gasteiger charge is -2.05. The molecule has 4 aromatic rings. The Morgan fingerprint density at radius 1 is 1.19 bits per heavy atom. The van der Waals surface area contributed by atoms with Gasteiger partial charge < -0.3 is 0 Å². The average Bonchev–Trinajstić information content (AvgIpc) is 3.25. The first-order chi connectivity index (χ1) is 12.9. The third-order valence-corrected chi connectivity index (χ3v) is 7.24. The first-order valence-electron chi connectivity index (χ1n) is 7.67. The van der Waals surface area contributed by atoms with Crippen LogP contribution in [0.2, 0.25) is 5.02 Å². The Labute approximate surface area is 168 Å². The summed E-state index contributed by atoms with van der Waals surface area (Å²) in [5.74, 6) is 1.17. The van der Waals surface area contributed by atoms with Crippen molar-refractivity contribution in [1.82, 2.24) is 25.2 Å². The molecule has 7 nitrogen and oxygen atoms in total. The highest BCUT2D eigenvalue weighted by Gasteiger charge is 2.13. The minimum atomic E-state index is -3.24. The molecule has 0 unspecified atom stereocenters. The van der Waals surface area contributed by atoms with E-state index in [-0.39, 0.29) is 4.90 Å². The molecule has 0 fully saturated rings. The fraction of sp³-hybridized carbons (Fsp3) is 0.125. The molecule has 0 aliphatic carbocycles. The van der Waals surface area contributed by atoms with Gasteiger partial charge in [0.25, 0.3) is 0 Å². The summed E-state index contributed by atoms with van der Waals surface area (Å²) in [4.78, 5) is 4.82. The number of hydrogen-bond acceptors (Lipinski definition) is 8. The Morgan fingerprint density at radius 2 is 1.96 bits per heavy atom. The lowest BCUT2D eigenvalue weighted by Crippen LogP contribution is -2.03. The molecule has 2 aromatic carbocycles. The van der Waals surface area contributed by atoms with Crippen molar-refractivity contribution in [2.75, 3.05) is 6.26 Å². The fourth-order valence-electron chi connectivity index (χ4n) is 2.40. The van der Waals surface area contributed by atoms with E-state index >= 15 is 0 Å². The van der Waals surface area contributed by atoms with E-state index in [1.54, 1.807) is 40.3 Å². The van der Waals surface area contributed by atoms with Gasteiger partial charge in [0.1, 0.15) is 0 Å². The Morgan fingerprint density at radius 3 is 2.70 bits per heavy atom. The first kappa shape index (κ1) is 18.4. The van der Waals surface area contributed by atoms with Crippen LogP contribution in [-0.2, 0) is 15.6 Å². The number of sulfone groups is 1. The van der Waals surface area contributed by atoms with Gasteiger partial charge in [0, 0.05) is 11.3 Å². The van der Waals surface area contributed by atoms with E-state index in [9.17, 15) is 8.42 Å². The van der Waals surface area contributed by atoms with Crippen LogP contribution in [0.15, 0.2) is 51.7 Å². The second-order valence-corrected chi connectivity index (χ2v) is 10.4. The molecule has 0 amide bonds. The van der Waals surface area contributed by atoms with Crippen molar-refractivity contribution >= 4 is 54.8 Å². The fourth-order valence-corrected chi connectivity index (χ4v) is 5.15. The topological polar surface area (TPSA) is 90.6 Å². The van der Waals surface area contributed by atoms with Gasteiger partial charge in [-0.1, -0.05) is 23.4 Å². The summed E-state index contributed by atoms with van der Waals surface area (Å²) in [5.41, 5.74) is 1.56. The molecule has 0 saturated carbocycles. The number of rotatable bonds is 5. The maximum Gasteiger partial charge on any atom is 0.175 e. The van der Waals surface area contributed by atoms with Crippen LogP contribution in [0.4, 0.5) is 0 Å². The number of hydrogen-bond donors (Lipinski definition) is 0. The van der Waals surface area contributed by atoms with Crippen LogP contribution in [0.5, 0.6) is 0 Å². The zero-order valence-electron chi connectivity index (χ0n) is 13.9. The van der Waals surface area contributed by atoms with Crippen LogP contribution in [0.25, 0.3) is 15.9 Å². The molecule has 27 heavy (non-hydrogen) atoms. The monoisotopic (exact) mass is 437 g/mol. The number of benzene rings is 2. The molecule has 0 radical (unpaired) electrons. The van der Waals surface area contributed by atoms with E-state index in [2.05, 4.69) is 20.5 Å². The third kappa shape index (κ3) is 3.98. The summed E-state index contributed by atoms with van der Waals surface area (Å²) in [6.45, 7) is 0. The van der Waals surface area contributed by atoms with E-state index < -0.39 is 9.84 Å². The van der Waals surface area contributed by atoms with Crippen LogP contribution in [0.3, 0.4) is 0 Å². The molecule has 0 saturated heterocycles. The van der Waals surface area contributed by atoms with Crippen LogP contribution in [-0.4, -0.2) is 39.9 Å². The van der Waals surface area contributed by atoms with E-state index in [0.717, 1.165) is 14.6 Å². The molecule has 0 bridgehead atoms. The maximum atomic E-state index is 11.6. The van der Waals surface area contributed by atoms with Crippen molar-refractivity contribution in [2.45, 2.75) is 15.0 Å². The molecule has 4 rings (SSSR count). The minimum Gasteiger partial charge on any atom is -0.230 e. The number of tetrazole rings is 1. The Kier molecular flexibility index (Phi) is 4.89. The second kappa shape index (κ2) is 7.19. The first-order valence-corrected chi connectivity index (χ1v) is 11.7. The number of fused-ring (bicyclic) bond motifs is 1. The molecule has 11 heteroatoms. The average molecular weight is 438 g/mol. The number of halogens is 1. The van der Waals surface area contributed by atoms with Gasteiger partial charge in [-0.3, -0.25) is 0 Å². The highest BCUT2D eigenvalue weighted by Crippen LogP contribution is 2.32. The van der Waals surface area contributed by atoms with Crippen LogP contribution < -0.4 is 0 Å². The van der Waals surface area contributed by atoms with Gasteiger partial charge >= 0.3 is 0 Å². The maximum absolute atomic E-state index is 11.6. The largest absolute Gasteiger partial charge is 0.230 e. The predicted molar refractivity (Wildman–Crippen MR) is 106 cm³/mol. The highest BCUT2D eigenvalue weighted by molar-refractivity contribution is 8.00. The van der Waals surface area contributed by atoms with Gasteiger partial charge in [0.05, 0.1) is 26.6 Å². The zero-order valence-corrected chi connectivity index (χ0v) is 17.1. The molecule has 0 N–H and O–H groups in total. The van der Waals surface area contributed by atoms with E-state index in [1.807, 2.05) is 18.2 Å². The summed E-state index contributed by atoms with van der Waals surface area (Å²) in [5, 5.41) is 12.5. The Balaban J connectivity index is 1.55.